The first-order chi connectivity index (χ1) is 12.8. The summed E-state index contributed by atoms with van der Waals surface area (Å²) in [5, 5.41) is 2.81. The molecule has 148 valence electrons. The van der Waals surface area contributed by atoms with E-state index in [2.05, 4.69) is 24.1 Å². The van der Waals surface area contributed by atoms with Crippen LogP contribution in [0, 0.1) is 6.92 Å². The number of aryl methyl sites for hydroxylation is 1. The Labute approximate surface area is 171 Å². The van der Waals surface area contributed by atoms with E-state index in [1.54, 1.807) is 7.05 Å². The lowest BCUT2D eigenvalue weighted by Crippen LogP contribution is -2.46. The third-order valence-corrected chi connectivity index (χ3v) is 6.28. The Morgan fingerprint density at radius 3 is 2.41 bits per heavy atom. The van der Waals surface area contributed by atoms with Crippen molar-refractivity contribution in [2.24, 2.45) is 0 Å². The van der Waals surface area contributed by atoms with E-state index in [1.807, 2.05) is 31.2 Å². The molecule has 0 unspecified atom stereocenters. The number of benzene rings is 1. The second-order valence-electron chi connectivity index (χ2n) is 7.25. The second-order valence-corrected chi connectivity index (χ2v) is 8.86. The molecule has 0 aliphatic carbocycles. The molecule has 1 aromatic carbocycles. The monoisotopic (exact) mass is 407 g/mol. The van der Waals surface area contributed by atoms with Gasteiger partial charge in [0.25, 0.3) is 0 Å². The van der Waals surface area contributed by atoms with Gasteiger partial charge in [-0.15, -0.1) is 0 Å². The van der Waals surface area contributed by atoms with Crippen molar-refractivity contribution in [2.45, 2.75) is 52.1 Å². The summed E-state index contributed by atoms with van der Waals surface area (Å²) in [5.74, 6) is -0.0532. The number of rotatable bonds is 5. The fourth-order valence-corrected chi connectivity index (χ4v) is 4.74. The second kappa shape index (κ2) is 10.1. The van der Waals surface area contributed by atoms with Crippen LogP contribution in [0.1, 0.15) is 38.7 Å². The van der Waals surface area contributed by atoms with Gasteiger partial charge in [-0.1, -0.05) is 41.7 Å². The number of likely N-dealkylation sites (tertiary alicyclic amines) is 1. The first-order valence-corrected chi connectivity index (χ1v) is 10.7. The average molecular weight is 408 g/mol. The van der Waals surface area contributed by atoms with Gasteiger partial charge < -0.3 is 15.1 Å². The van der Waals surface area contributed by atoms with E-state index >= 15 is 0 Å². The van der Waals surface area contributed by atoms with E-state index in [4.69, 9.17) is 12.2 Å². The third-order valence-electron chi connectivity index (χ3n) is 4.87. The first-order valence-electron chi connectivity index (χ1n) is 9.33. The molecule has 1 fully saturated rings. The van der Waals surface area contributed by atoms with Crippen molar-refractivity contribution in [3.05, 3.63) is 29.8 Å². The summed E-state index contributed by atoms with van der Waals surface area (Å²) in [5.41, 5.74) is 1.86. The summed E-state index contributed by atoms with van der Waals surface area (Å²) in [7, 11) is 1.65. The Kier molecular flexibility index (Phi) is 8.10. The molecule has 1 aromatic rings. The molecule has 0 radical (unpaired) electrons. The van der Waals surface area contributed by atoms with E-state index in [1.165, 1.54) is 23.1 Å². The molecule has 0 spiro atoms. The van der Waals surface area contributed by atoms with E-state index in [0.717, 1.165) is 28.4 Å². The molecule has 1 heterocycles. The normalized spacial score (nSPS) is 19.5. The van der Waals surface area contributed by atoms with Gasteiger partial charge in [-0.2, -0.15) is 0 Å². The molecular formula is C20H29N3O2S2. The van der Waals surface area contributed by atoms with Gasteiger partial charge in [-0.25, -0.2) is 0 Å². The van der Waals surface area contributed by atoms with Gasteiger partial charge in [0.15, 0.2) is 0 Å². The number of amides is 2. The molecule has 1 aliphatic rings. The standard InChI is InChI=1S/C20H29N3O2S2/c1-14-8-10-17(11-9-14)21-18(24)12-22(4)19(25)13-27-20(26)23-15(2)6-5-7-16(23)3/h8-11,15-16H,5-7,12-13H2,1-4H3,(H,21,24)/t15-,16-/m1/s1. The summed E-state index contributed by atoms with van der Waals surface area (Å²) in [6, 6.07) is 8.41. The molecule has 0 saturated carbocycles. The molecule has 1 aliphatic heterocycles. The molecule has 2 amide bonds. The number of hydrogen-bond acceptors (Lipinski definition) is 4. The van der Waals surface area contributed by atoms with Crippen LogP contribution >= 0.6 is 24.0 Å². The highest BCUT2D eigenvalue weighted by Crippen LogP contribution is 2.26. The molecular weight excluding hydrogens is 378 g/mol. The molecule has 2 rings (SSSR count). The zero-order valence-corrected chi connectivity index (χ0v) is 18.2. The van der Waals surface area contributed by atoms with Crippen LogP contribution < -0.4 is 5.32 Å². The summed E-state index contributed by atoms with van der Waals surface area (Å²) >= 11 is 6.95. The number of piperidine rings is 1. The summed E-state index contributed by atoms with van der Waals surface area (Å²) in [6.07, 6.45) is 3.50. The Morgan fingerprint density at radius 1 is 1.22 bits per heavy atom. The van der Waals surface area contributed by atoms with Crippen molar-refractivity contribution in [2.75, 3.05) is 24.7 Å². The third kappa shape index (κ3) is 6.50. The molecule has 27 heavy (non-hydrogen) atoms. The topological polar surface area (TPSA) is 52.7 Å². The predicted octanol–water partition coefficient (Wildman–Crippen LogP) is 3.67. The Balaban J connectivity index is 1.78. The van der Waals surface area contributed by atoms with Crippen molar-refractivity contribution >= 4 is 45.8 Å². The van der Waals surface area contributed by atoms with Crippen molar-refractivity contribution in [3.63, 3.8) is 0 Å². The van der Waals surface area contributed by atoms with Crippen molar-refractivity contribution in [1.29, 1.82) is 0 Å². The maximum Gasteiger partial charge on any atom is 0.243 e. The molecule has 1 N–H and O–H groups in total. The number of nitrogens with zero attached hydrogens (tertiary/aromatic N) is 2. The van der Waals surface area contributed by atoms with Gasteiger partial charge in [0.05, 0.1) is 12.3 Å². The highest BCUT2D eigenvalue weighted by molar-refractivity contribution is 8.23. The van der Waals surface area contributed by atoms with Crippen molar-refractivity contribution < 1.29 is 9.59 Å². The van der Waals surface area contributed by atoms with Crippen LogP contribution in [-0.2, 0) is 9.59 Å². The quantitative estimate of drug-likeness (QED) is 0.755. The maximum atomic E-state index is 12.4. The van der Waals surface area contributed by atoms with Gasteiger partial charge in [0.2, 0.25) is 11.8 Å². The van der Waals surface area contributed by atoms with Crippen LogP contribution in [0.25, 0.3) is 0 Å². The van der Waals surface area contributed by atoms with Gasteiger partial charge >= 0.3 is 0 Å². The lowest BCUT2D eigenvalue weighted by molar-refractivity contribution is -0.131. The summed E-state index contributed by atoms with van der Waals surface area (Å²) < 4.78 is 0.778. The predicted molar refractivity (Wildman–Crippen MR) is 117 cm³/mol. The fraction of sp³-hybridized carbons (Fsp3) is 0.550. The fourth-order valence-electron chi connectivity index (χ4n) is 3.23. The lowest BCUT2D eigenvalue weighted by Gasteiger charge is -2.40. The number of likely N-dealkylation sites (N-methyl/N-ethyl adjacent to an activating group) is 1. The van der Waals surface area contributed by atoms with Gasteiger partial charge in [0, 0.05) is 24.8 Å². The molecule has 2 atom stereocenters. The van der Waals surface area contributed by atoms with Gasteiger partial charge in [-0.3, -0.25) is 9.59 Å². The number of thiocarbonyl (C=S) groups is 1. The highest BCUT2D eigenvalue weighted by atomic mass is 32.2. The Hall–Kier alpha value is -1.60. The number of nitrogens with one attached hydrogen (secondary N) is 1. The van der Waals surface area contributed by atoms with E-state index < -0.39 is 0 Å². The van der Waals surface area contributed by atoms with Crippen molar-refractivity contribution in [1.82, 2.24) is 9.80 Å². The van der Waals surface area contributed by atoms with Crippen LogP contribution in [0.15, 0.2) is 24.3 Å². The SMILES string of the molecule is Cc1ccc(NC(=O)CN(C)C(=O)CSC(=S)N2[C@H](C)CCC[C@H]2C)cc1. The van der Waals surface area contributed by atoms with Crippen LogP contribution in [0.3, 0.4) is 0 Å². The first kappa shape index (κ1) is 21.7. The van der Waals surface area contributed by atoms with E-state index in [-0.39, 0.29) is 24.1 Å². The number of hydrogen-bond donors (Lipinski definition) is 1. The molecule has 0 bridgehead atoms. The number of carbonyl (C=O) groups is 2. The molecule has 1 saturated heterocycles. The van der Waals surface area contributed by atoms with E-state index in [0.29, 0.717) is 12.1 Å². The molecule has 0 aromatic heterocycles. The minimum atomic E-state index is -0.208. The lowest BCUT2D eigenvalue weighted by atomic mass is 9.99. The zero-order valence-electron chi connectivity index (χ0n) is 16.5. The summed E-state index contributed by atoms with van der Waals surface area (Å²) in [4.78, 5) is 28.2. The Bertz CT molecular complexity index is 668. The number of carbonyl (C=O) groups excluding carboxylic acids is 2. The van der Waals surface area contributed by atoms with E-state index in [9.17, 15) is 9.59 Å². The van der Waals surface area contributed by atoms with Crippen LogP contribution in [0.5, 0.6) is 0 Å². The minimum Gasteiger partial charge on any atom is -0.352 e. The van der Waals surface area contributed by atoms with Gasteiger partial charge in [0.1, 0.15) is 4.32 Å². The molecule has 7 heteroatoms. The minimum absolute atomic E-state index is 0.0244. The number of anilines is 1. The maximum absolute atomic E-state index is 12.4. The number of thioether (sulfide) groups is 1. The van der Waals surface area contributed by atoms with Crippen LogP contribution in [-0.4, -0.2) is 57.4 Å². The molecule has 5 nitrogen and oxygen atoms in total. The summed E-state index contributed by atoms with van der Waals surface area (Å²) in [6.45, 7) is 6.39. The van der Waals surface area contributed by atoms with Crippen molar-refractivity contribution in [3.8, 4) is 0 Å². The Morgan fingerprint density at radius 2 is 1.81 bits per heavy atom. The van der Waals surface area contributed by atoms with Gasteiger partial charge in [-0.05, 0) is 52.2 Å². The largest absolute Gasteiger partial charge is 0.352 e. The highest BCUT2D eigenvalue weighted by Gasteiger charge is 2.27. The van der Waals surface area contributed by atoms with Crippen LogP contribution in [0.4, 0.5) is 5.69 Å². The van der Waals surface area contributed by atoms with Crippen LogP contribution in [0.2, 0.25) is 0 Å². The average Bonchev–Trinajstić information content (AvgIpc) is 2.61. The zero-order chi connectivity index (χ0) is 20.0. The smallest absolute Gasteiger partial charge is 0.243 e.